The van der Waals surface area contributed by atoms with Gasteiger partial charge < -0.3 is 16.0 Å². The Labute approximate surface area is 217 Å². The Kier molecular flexibility index (Phi) is 7.18. The van der Waals surface area contributed by atoms with Gasteiger partial charge in [-0.1, -0.05) is 0 Å². The third kappa shape index (κ3) is 5.34. The Morgan fingerprint density at radius 3 is 2.50 bits per heavy atom. The van der Waals surface area contributed by atoms with Crippen LogP contribution in [0.25, 0.3) is 0 Å². The highest BCUT2D eigenvalue weighted by Crippen LogP contribution is 2.41. The molecule has 0 aromatic carbocycles. The van der Waals surface area contributed by atoms with Crippen LogP contribution in [-0.2, 0) is 29.4 Å². The number of anilines is 1. The number of thioether (sulfide) groups is 1. The van der Waals surface area contributed by atoms with E-state index in [0.717, 1.165) is 21.5 Å². The molecule has 1 aliphatic carbocycles. The predicted molar refractivity (Wildman–Crippen MR) is 133 cm³/mol. The SMILES string of the molecule is CC=Nc1c(NC2(C(=O)NC3=CSC(c4cnc(C(F)(F)F)nc4)N3)CC2)c(=O)n(CC(C)=O)c(=O)n1C. The van der Waals surface area contributed by atoms with Crippen LogP contribution in [0.1, 0.15) is 43.5 Å². The summed E-state index contributed by atoms with van der Waals surface area (Å²) >= 11 is 1.20. The van der Waals surface area contributed by atoms with Gasteiger partial charge in [0.2, 0.25) is 5.82 Å². The molecular formula is C22H23F3N8O4S. The molecule has 1 saturated carbocycles. The van der Waals surface area contributed by atoms with Crippen molar-refractivity contribution >= 4 is 41.2 Å². The average molecular weight is 553 g/mol. The minimum Gasteiger partial charge on any atom is -0.364 e. The number of aromatic nitrogens is 4. The lowest BCUT2D eigenvalue weighted by molar-refractivity contribution is -0.145. The van der Waals surface area contributed by atoms with Gasteiger partial charge in [-0.05, 0) is 26.7 Å². The van der Waals surface area contributed by atoms with Crippen molar-refractivity contribution in [2.75, 3.05) is 5.32 Å². The van der Waals surface area contributed by atoms with Gasteiger partial charge >= 0.3 is 11.9 Å². The first-order valence-corrected chi connectivity index (χ1v) is 12.2. The third-order valence-electron chi connectivity index (χ3n) is 5.78. The second-order valence-electron chi connectivity index (χ2n) is 8.71. The van der Waals surface area contributed by atoms with Crippen LogP contribution in [0.4, 0.5) is 24.7 Å². The van der Waals surface area contributed by atoms with E-state index in [1.807, 2.05) is 0 Å². The number of hydrogen-bond donors (Lipinski definition) is 3. The van der Waals surface area contributed by atoms with Gasteiger partial charge in [-0.15, -0.1) is 11.8 Å². The van der Waals surface area contributed by atoms with Gasteiger partial charge in [-0.2, -0.15) is 13.2 Å². The van der Waals surface area contributed by atoms with E-state index >= 15 is 0 Å². The van der Waals surface area contributed by atoms with Gasteiger partial charge in [0.15, 0.2) is 5.82 Å². The van der Waals surface area contributed by atoms with E-state index in [2.05, 4.69) is 30.9 Å². The molecule has 16 heteroatoms. The summed E-state index contributed by atoms with van der Waals surface area (Å²) in [6.45, 7) is 2.42. The van der Waals surface area contributed by atoms with Gasteiger partial charge in [0.25, 0.3) is 11.5 Å². The van der Waals surface area contributed by atoms with Crippen LogP contribution >= 0.6 is 11.8 Å². The fourth-order valence-corrected chi connectivity index (χ4v) is 4.58. The first-order valence-electron chi connectivity index (χ1n) is 11.3. The highest BCUT2D eigenvalue weighted by molar-refractivity contribution is 8.02. The molecule has 3 N–H and O–H groups in total. The highest BCUT2D eigenvalue weighted by Gasteiger charge is 2.51. The molecule has 12 nitrogen and oxygen atoms in total. The number of nitrogens with zero attached hydrogens (tertiary/aromatic N) is 5. The first kappa shape index (κ1) is 27.1. The monoisotopic (exact) mass is 552 g/mol. The molecule has 0 bridgehead atoms. The zero-order valence-electron chi connectivity index (χ0n) is 20.4. The Balaban J connectivity index is 1.51. The van der Waals surface area contributed by atoms with Crippen molar-refractivity contribution in [3.05, 3.63) is 55.8 Å². The number of aliphatic imine (C=N–C) groups is 1. The standard InChI is InChI=1S/C22H23F3N8O4S/c1-4-26-15-14(17(35)33(9-11(2)34)20(37)32(15)3)31-21(5-6-21)19(36)30-13-10-38-16(29-13)12-7-27-18(28-8-12)22(23,24)25/h4,7-8,10,16,29,31H,5-6,9H2,1-3H3,(H,30,36). The smallest absolute Gasteiger partial charge is 0.364 e. The van der Waals surface area contributed by atoms with Crippen LogP contribution in [-0.4, -0.2) is 42.5 Å². The quantitative estimate of drug-likeness (QED) is 0.414. The van der Waals surface area contributed by atoms with E-state index in [0.29, 0.717) is 24.2 Å². The van der Waals surface area contributed by atoms with E-state index in [1.165, 1.54) is 31.9 Å². The van der Waals surface area contributed by atoms with Crippen molar-refractivity contribution in [2.45, 2.75) is 50.3 Å². The molecule has 2 aliphatic rings. The number of ketones is 1. The van der Waals surface area contributed by atoms with E-state index in [1.54, 1.807) is 12.3 Å². The molecule has 202 valence electrons. The Morgan fingerprint density at radius 2 is 1.95 bits per heavy atom. The molecule has 0 radical (unpaired) electrons. The Hall–Kier alpha value is -3.95. The lowest BCUT2D eigenvalue weighted by Gasteiger charge is -2.21. The first-order chi connectivity index (χ1) is 17.9. The van der Waals surface area contributed by atoms with E-state index in [9.17, 15) is 32.3 Å². The van der Waals surface area contributed by atoms with Crippen molar-refractivity contribution in [1.29, 1.82) is 0 Å². The van der Waals surface area contributed by atoms with Crippen molar-refractivity contribution < 1.29 is 22.8 Å². The topological polar surface area (TPSA) is 152 Å². The van der Waals surface area contributed by atoms with Crippen LogP contribution in [0, 0.1) is 0 Å². The van der Waals surface area contributed by atoms with Crippen LogP contribution in [0.15, 0.2) is 38.2 Å². The zero-order valence-corrected chi connectivity index (χ0v) is 21.2. The number of carbonyl (C=O) groups is 2. The van der Waals surface area contributed by atoms with Gasteiger partial charge in [0.05, 0.1) is 6.54 Å². The number of alkyl halides is 3. The molecule has 4 rings (SSSR count). The molecule has 1 aliphatic heterocycles. The van der Waals surface area contributed by atoms with Gasteiger partial charge in [0, 0.05) is 36.6 Å². The van der Waals surface area contributed by atoms with Gasteiger partial charge in [0.1, 0.15) is 28.2 Å². The summed E-state index contributed by atoms with van der Waals surface area (Å²) in [7, 11) is 1.40. The zero-order chi connectivity index (χ0) is 27.8. The number of halogens is 3. The van der Waals surface area contributed by atoms with Crippen molar-refractivity contribution in [1.82, 2.24) is 29.7 Å². The van der Waals surface area contributed by atoms with Gasteiger partial charge in [-0.25, -0.2) is 19.8 Å². The molecular weight excluding hydrogens is 529 g/mol. The number of amides is 1. The number of carbonyl (C=O) groups excluding carboxylic acids is 2. The summed E-state index contributed by atoms with van der Waals surface area (Å²) in [4.78, 5) is 61.5. The average Bonchev–Trinajstić information content (AvgIpc) is 3.51. The van der Waals surface area contributed by atoms with Crippen molar-refractivity contribution in [3.63, 3.8) is 0 Å². The molecule has 1 atom stereocenters. The summed E-state index contributed by atoms with van der Waals surface area (Å²) in [5.74, 6) is -1.80. The number of hydrogen-bond acceptors (Lipinski definition) is 10. The highest BCUT2D eigenvalue weighted by atomic mass is 32.2. The third-order valence-corrected chi connectivity index (χ3v) is 6.82. The molecule has 2 aromatic heterocycles. The van der Waals surface area contributed by atoms with E-state index in [-0.39, 0.29) is 11.5 Å². The summed E-state index contributed by atoms with van der Waals surface area (Å²) < 4.78 is 40.1. The van der Waals surface area contributed by atoms with Crippen LogP contribution < -0.4 is 27.2 Å². The molecule has 1 fully saturated rings. The largest absolute Gasteiger partial charge is 0.451 e. The molecule has 3 heterocycles. The minimum atomic E-state index is -4.65. The van der Waals surface area contributed by atoms with Crippen LogP contribution in [0.2, 0.25) is 0 Å². The lowest BCUT2D eigenvalue weighted by Crippen LogP contribution is -2.47. The predicted octanol–water partition coefficient (Wildman–Crippen LogP) is 1.56. The summed E-state index contributed by atoms with van der Waals surface area (Å²) in [5.41, 5.74) is -2.39. The van der Waals surface area contributed by atoms with Crippen molar-refractivity contribution in [3.8, 4) is 0 Å². The second-order valence-corrected chi connectivity index (χ2v) is 9.69. The summed E-state index contributed by atoms with van der Waals surface area (Å²) in [6.07, 6.45) is -0.390. The molecule has 2 aromatic rings. The minimum absolute atomic E-state index is 0.0116. The molecule has 1 unspecified atom stereocenters. The maximum atomic E-state index is 13.2. The molecule has 0 saturated heterocycles. The van der Waals surface area contributed by atoms with Crippen molar-refractivity contribution in [2.24, 2.45) is 12.0 Å². The van der Waals surface area contributed by atoms with E-state index < -0.39 is 52.4 Å². The maximum Gasteiger partial charge on any atom is 0.451 e. The van der Waals surface area contributed by atoms with Crippen LogP contribution in [0.3, 0.4) is 0 Å². The van der Waals surface area contributed by atoms with E-state index in [4.69, 9.17) is 0 Å². The Bertz CT molecular complexity index is 1460. The second kappa shape index (κ2) is 10.1. The summed E-state index contributed by atoms with van der Waals surface area (Å²) in [6, 6.07) is 0. The number of rotatable bonds is 8. The number of Topliss-reactive ketones (excluding diaryl/α,β-unsaturated/α-hetero) is 1. The Morgan fingerprint density at radius 1 is 1.29 bits per heavy atom. The van der Waals surface area contributed by atoms with Gasteiger partial charge in [-0.3, -0.25) is 23.5 Å². The maximum absolute atomic E-state index is 13.2. The fraction of sp³-hybridized carbons (Fsp3) is 0.409. The summed E-state index contributed by atoms with van der Waals surface area (Å²) in [5, 5.41) is 9.72. The molecule has 38 heavy (non-hydrogen) atoms. The molecule has 0 spiro atoms. The number of nitrogens with one attached hydrogen (secondary N) is 3. The lowest BCUT2D eigenvalue weighted by atomic mass is 10.2. The fourth-order valence-electron chi connectivity index (χ4n) is 3.71. The van der Waals surface area contributed by atoms with Crippen LogP contribution in [0.5, 0.6) is 0 Å². The molecule has 1 amide bonds. The normalized spacial score (nSPS) is 18.2.